The molecule has 3 aromatic rings. The van der Waals surface area contributed by atoms with Gasteiger partial charge < -0.3 is 10.1 Å². The van der Waals surface area contributed by atoms with E-state index < -0.39 is 0 Å². The summed E-state index contributed by atoms with van der Waals surface area (Å²) in [5.41, 5.74) is 3.20. The number of benzene rings is 1. The number of rotatable bonds is 7. The van der Waals surface area contributed by atoms with E-state index >= 15 is 0 Å². The van der Waals surface area contributed by atoms with Crippen molar-refractivity contribution in [1.29, 1.82) is 0 Å². The summed E-state index contributed by atoms with van der Waals surface area (Å²) in [6.07, 6.45) is 2.68. The van der Waals surface area contributed by atoms with E-state index in [1.54, 1.807) is 6.33 Å². The highest BCUT2D eigenvalue weighted by atomic mass is 16.5. The summed E-state index contributed by atoms with van der Waals surface area (Å²) in [7, 11) is 2.11. The molecular formula is C21H25N5O. The molecule has 0 radical (unpaired) electrons. The van der Waals surface area contributed by atoms with Gasteiger partial charge in [-0.2, -0.15) is 0 Å². The van der Waals surface area contributed by atoms with Gasteiger partial charge in [0.25, 0.3) is 0 Å². The van der Waals surface area contributed by atoms with Crippen molar-refractivity contribution in [3.8, 4) is 0 Å². The minimum absolute atomic E-state index is 0.398. The third-order valence-corrected chi connectivity index (χ3v) is 4.92. The van der Waals surface area contributed by atoms with Crippen LogP contribution in [0.4, 0.5) is 5.82 Å². The van der Waals surface area contributed by atoms with Crippen molar-refractivity contribution in [3.05, 3.63) is 60.2 Å². The average Bonchev–Trinajstić information content (AvgIpc) is 3.23. The molecule has 1 atom stereocenters. The van der Waals surface area contributed by atoms with Gasteiger partial charge in [-0.15, -0.1) is 0 Å². The van der Waals surface area contributed by atoms with Gasteiger partial charge in [-0.3, -0.25) is 9.88 Å². The number of hydrogen-bond donors (Lipinski definition) is 1. The molecule has 6 heteroatoms. The van der Waals surface area contributed by atoms with E-state index in [4.69, 9.17) is 9.72 Å². The van der Waals surface area contributed by atoms with Crippen LogP contribution in [0.3, 0.4) is 0 Å². The molecule has 0 spiro atoms. The zero-order valence-corrected chi connectivity index (χ0v) is 15.6. The van der Waals surface area contributed by atoms with Crippen LogP contribution in [0.5, 0.6) is 0 Å². The number of nitrogens with one attached hydrogen (secondary N) is 1. The van der Waals surface area contributed by atoms with Gasteiger partial charge in [-0.05, 0) is 25.6 Å². The normalized spacial score (nSPS) is 16.9. The maximum atomic E-state index is 5.45. The van der Waals surface area contributed by atoms with Gasteiger partial charge in [-0.1, -0.05) is 24.3 Å². The van der Waals surface area contributed by atoms with Crippen molar-refractivity contribution < 1.29 is 4.74 Å². The van der Waals surface area contributed by atoms with E-state index in [2.05, 4.69) is 51.5 Å². The summed E-state index contributed by atoms with van der Waals surface area (Å²) >= 11 is 0. The Balaban J connectivity index is 1.29. The molecule has 27 heavy (non-hydrogen) atoms. The lowest BCUT2D eigenvalue weighted by atomic mass is 10.1. The highest BCUT2D eigenvalue weighted by molar-refractivity contribution is 5.78. The van der Waals surface area contributed by atoms with Crippen molar-refractivity contribution in [3.63, 3.8) is 0 Å². The monoisotopic (exact) mass is 363 g/mol. The Bertz CT molecular complexity index is 894. The molecular weight excluding hydrogens is 338 g/mol. The van der Waals surface area contributed by atoms with Crippen molar-refractivity contribution >= 4 is 16.7 Å². The highest BCUT2D eigenvalue weighted by Crippen LogP contribution is 2.24. The lowest BCUT2D eigenvalue weighted by Gasteiger charge is -2.17. The molecule has 3 heterocycles. The third kappa shape index (κ3) is 4.59. The van der Waals surface area contributed by atoms with Crippen LogP contribution in [0.2, 0.25) is 0 Å². The largest absolute Gasteiger partial charge is 0.381 e. The number of para-hydroxylation sites is 1. The Morgan fingerprint density at radius 1 is 1.19 bits per heavy atom. The minimum atomic E-state index is 0.398. The molecule has 0 saturated carbocycles. The van der Waals surface area contributed by atoms with Gasteiger partial charge in [0.2, 0.25) is 0 Å². The van der Waals surface area contributed by atoms with Crippen LogP contribution >= 0.6 is 0 Å². The molecule has 4 rings (SSSR count). The van der Waals surface area contributed by atoms with E-state index in [9.17, 15) is 0 Å². The Hall–Kier alpha value is -2.57. The van der Waals surface area contributed by atoms with Crippen LogP contribution in [-0.4, -0.2) is 53.2 Å². The molecule has 1 saturated heterocycles. The lowest BCUT2D eigenvalue weighted by Crippen LogP contribution is -2.25. The predicted octanol–water partition coefficient (Wildman–Crippen LogP) is 3.07. The number of aromatic nitrogens is 3. The highest BCUT2D eigenvalue weighted by Gasteiger charge is 2.19. The SMILES string of the molecule is CN(CCNc1cc([C@@H]2CCOC2)ncn1)Cc1ccc2ccccc2n1. The maximum absolute atomic E-state index is 5.45. The van der Waals surface area contributed by atoms with Gasteiger partial charge in [-0.25, -0.2) is 9.97 Å². The molecule has 140 valence electrons. The van der Waals surface area contributed by atoms with Crippen LogP contribution in [0, 0.1) is 0 Å². The molecule has 6 nitrogen and oxygen atoms in total. The fourth-order valence-electron chi connectivity index (χ4n) is 3.39. The minimum Gasteiger partial charge on any atom is -0.381 e. The van der Waals surface area contributed by atoms with E-state index in [1.807, 2.05) is 18.2 Å². The Kier molecular flexibility index (Phi) is 5.55. The molecule has 0 amide bonds. The average molecular weight is 363 g/mol. The molecule has 1 aliphatic heterocycles. The fourth-order valence-corrected chi connectivity index (χ4v) is 3.39. The second-order valence-electron chi connectivity index (χ2n) is 7.05. The fraction of sp³-hybridized carbons (Fsp3) is 0.381. The number of hydrogen-bond acceptors (Lipinski definition) is 6. The maximum Gasteiger partial charge on any atom is 0.129 e. The summed E-state index contributed by atoms with van der Waals surface area (Å²) in [6, 6.07) is 14.5. The molecule has 1 aromatic carbocycles. The summed E-state index contributed by atoms with van der Waals surface area (Å²) in [6.45, 7) is 4.13. The first-order valence-electron chi connectivity index (χ1n) is 9.45. The predicted molar refractivity (Wildman–Crippen MR) is 107 cm³/mol. The van der Waals surface area contributed by atoms with Crippen LogP contribution in [0.15, 0.2) is 48.8 Å². The van der Waals surface area contributed by atoms with Gasteiger partial charge in [0.05, 0.1) is 23.5 Å². The van der Waals surface area contributed by atoms with Gasteiger partial charge >= 0.3 is 0 Å². The first-order chi connectivity index (χ1) is 13.3. The topological polar surface area (TPSA) is 63.2 Å². The number of ether oxygens (including phenoxy) is 1. The number of nitrogens with zero attached hydrogens (tertiary/aromatic N) is 4. The van der Waals surface area contributed by atoms with E-state index in [0.717, 1.165) is 62.0 Å². The number of pyridine rings is 1. The second kappa shape index (κ2) is 8.41. The third-order valence-electron chi connectivity index (χ3n) is 4.92. The van der Waals surface area contributed by atoms with E-state index in [1.165, 1.54) is 5.39 Å². The summed E-state index contributed by atoms with van der Waals surface area (Å²) in [5, 5.41) is 4.58. The zero-order chi connectivity index (χ0) is 18.5. The Morgan fingerprint density at radius 3 is 3.00 bits per heavy atom. The molecule has 2 aromatic heterocycles. The summed E-state index contributed by atoms with van der Waals surface area (Å²) in [5.74, 6) is 1.28. The number of likely N-dealkylation sites (N-methyl/N-ethyl adjacent to an activating group) is 1. The van der Waals surface area contributed by atoms with Crippen molar-refractivity contribution in [2.45, 2.75) is 18.9 Å². The molecule has 0 unspecified atom stereocenters. The summed E-state index contributed by atoms with van der Waals surface area (Å²) in [4.78, 5) is 15.7. The van der Waals surface area contributed by atoms with Crippen molar-refractivity contribution in [2.24, 2.45) is 0 Å². The van der Waals surface area contributed by atoms with Crippen molar-refractivity contribution in [2.75, 3.05) is 38.7 Å². The molecule has 1 N–H and O–H groups in total. The van der Waals surface area contributed by atoms with E-state index in [0.29, 0.717) is 5.92 Å². The van der Waals surface area contributed by atoms with Gasteiger partial charge in [0.15, 0.2) is 0 Å². The van der Waals surface area contributed by atoms with E-state index in [-0.39, 0.29) is 0 Å². The quantitative estimate of drug-likeness (QED) is 0.696. The molecule has 1 fully saturated rings. The first-order valence-corrected chi connectivity index (χ1v) is 9.45. The molecule has 1 aliphatic rings. The summed E-state index contributed by atoms with van der Waals surface area (Å²) < 4.78 is 5.45. The van der Waals surface area contributed by atoms with Gasteiger partial charge in [0, 0.05) is 43.6 Å². The first kappa shape index (κ1) is 17.8. The zero-order valence-electron chi connectivity index (χ0n) is 15.6. The van der Waals surface area contributed by atoms with Gasteiger partial charge in [0.1, 0.15) is 12.1 Å². The smallest absolute Gasteiger partial charge is 0.129 e. The van der Waals surface area contributed by atoms with Crippen LogP contribution < -0.4 is 5.32 Å². The molecule has 0 aliphatic carbocycles. The number of fused-ring (bicyclic) bond motifs is 1. The van der Waals surface area contributed by atoms with Crippen LogP contribution in [0.1, 0.15) is 23.7 Å². The molecule has 0 bridgehead atoms. The van der Waals surface area contributed by atoms with Crippen LogP contribution in [-0.2, 0) is 11.3 Å². The Labute approximate surface area is 159 Å². The number of anilines is 1. The Morgan fingerprint density at radius 2 is 2.11 bits per heavy atom. The van der Waals surface area contributed by atoms with Crippen molar-refractivity contribution in [1.82, 2.24) is 19.9 Å². The lowest BCUT2D eigenvalue weighted by molar-refractivity contribution is 0.193. The van der Waals surface area contributed by atoms with Crippen LogP contribution in [0.25, 0.3) is 10.9 Å². The second-order valence-corrected chi connectivity index (χ2v) is 7.05. The standard InChI is InChI=1S/C21H25N5O/c1-26(13-18-7-6-16-4-2-3-5-19(16)25-18)10-9-22-21-12-20(23-15-24-21)17-8-11-27-14-17/h2-7,12,15,17H,8-11,13-14H2,1H3,(H,22,23,24)/t17-/m1/s1.